The van der Waals surface area contributed by atoms with Crippen LogP contribution in [0.15, 0.2) is 28.7 Å². The van der Waals surface area contributed by atoms with Crippen LogP contribution >= 0.6 is 15.9 Å². The van der Waals surface area contributed by atoms with Gasteiger partial charge in [0.15, 0.2) is 0 Å². The molecule has 2 N–H and O–H groups in total. The Kier molecular flexibility index (Phi) is 6.62. The molecule has 1 atom stereocenters. The van der Waals surface area contributed by atoms with Crippen LogP contribution in [0.25, 0.3) is 0 Å². The van der Waals surface area contributed by atoms with E-state index < -0.39 is 0 Å². The first kappa shape index (κ1) is 18.4. The third-order valence-electron chi connectivity index (χ3n) is 4.70. The zero-order chi connectivity index (χ0) is 16.9. The van der Waals surface area contributed by atoms with E-state index in [1.54, 1.807) is 0 Å². The quantitative estimate of drug-likeness (QED) is 0.793. The lowest BCUT2D eigenvalue weighted by Crippen LogP contribution is -2.45. The minimum atomic E-state index is -0.241. The smallest absolute Gasteiger partial charge is 0.227 e. The van der Waals surface area contributed by atoms with Gasteiger partial charge in [0.25, 0.3) is 0 Å². The molecule has 0 saturated carbocycles. The summed E-state index contributed by atoms with van der Waals surface area (Å²) >= 11 is 3.43. The van der Waals surface area contributed by atoms with Gasteiger partial charge in [0.05, 0.1) is 12.5 Å². The van der Waals surface area contributed by atoms with Crippen LogP contribution in [-0.2, 0) is 9.53 Å². The van der Waals surface area contributed by atoms with Crippen LogP contribution in [-0.4, -0.2) is 37.4 Å². The molecule has 1 amide bonds. The van der Waals surface area contributed by atoms with E-state index in [2.05, 4.69) is 35.1 Å². The summed E-state index contributed by atoms with van der Waals surface area (Å²) in [5.41, 5.74) is 0.778. The fraction of sp³-hybridized carbons (Fsp3) is 0.611. The molecule has 5 heteroatoms. The van der Waals surface area contributed by atoms with E-state index in [1.807, 2.05) is 24.3 Å². The first-order valence-electron chi connectivity index (χ1n) is 8.19. The number of benzene rings is 1. The summed E-state index contributed by atoms with van der Waals surface area (Å²) < 4.78 is 6.38. The number of rotatable bonds is 6. The number of carbonyl (C=O) groups excluding carboxylic acids is 1. The fourth-order valence-electron chi connectivity index (χ4n) is 3.09. The second-order valence-corrected chi connectivity index (χ2v) is 7.68. The monoisotopic (exact) mass is 383 g/mol. The number of aliphatic hydroxyl groups excluding tert-OH is 1. The lowest BCUT2D eigenvalue weighted by molar-refractivity contribution is -0.124. The van der Waals surface area contributed by atoms with Crippen molar-refractivity contribution in [1.82, 2.24) is 5.32 Å². The van der Waals surface area contributed by atoms with Crippen LogP contribution in [0.5, 0.6) is 0 Å². The van der Waals surface area contributed by atoms with Crippen molar-refractivity contribution in [3.8, 4) is 0 Å². The maximum Gasteiger partial charge on any atom is 0.227 e. The molecule has 1 aromatic rings. The van der Waals surface area contributed by atoms with Crippen LogP contribution in [0, 0.1) is 11.3 Å². The van der Waals surface area contributed by atoms with Crippen molar-refractivity contribution >= 4 is 21.8 Å². The molecule has 2 rings (SSSR count). The summed E-state index contributed by atoms with van der Waals surface area (Å²) in [5, 5.41) is 12.8. The van der Waals surface area contributed by atoms with Crippen LogP contribution < -0.4 is 5.32 Å². The van der Waals surface area contributed by atoms with Crippen molar-refractivity contribution in [3.63, 3.8) is 0 Å². The topological polar surface area (TPSA) is 58.6 Å². The number of hydrogen-bond donors (Lipinski definition) is 2. The number of aliphatic hydroxyl groups is 1. The molecule has 1 saturated heterocycles. The number of amides is 1. The summed E-state index contributed by atoms with van der Waals surface area (Å²) in [7, 11) is 0. The fourth-order valence-corrected chi connectivity index (χ4v) is 3.35. The number of nitrogens with one attached hydrogen (secondary N) is 1. The Hall–Kier alpha value is -0.910. The molecule has 1 aliphatic rings. The van der Waals surface area contributed by atoms with Gasteiger partial charge in [-0.3, -0.25) is 4.79 Å². The first-order chi connectivity index (χ1) is 11.0. The molecule has 1 heterocycles. The highest BCUT2D eigenvalue weighted by Crippen LogP contribution is 2.30. The van der Waals surface area contributed by atoms with Crippen LogP contribution in [0.3, 0.4) is 0 Å². The summed E-state index contributed by atoms with van der Waals surface area (Å²) in [6.45, 7) is 6.01. The van der Waals surface area contributed by atoms with E-state index in [0.717, 1.165) is 22.9 Å². The van der Waals surface area contributed by atoms with E-state index in [0.29, 0.717) is 19.8 Å². The molecule has 0 bridgehead atoms. The summed E-state index contributed by atoms with van der Waals surface area (Å²) in [6.07, 6.45) is 1.57. The molecular weight excluding hydrogens is 358 g/mol. The highest BCUT2D eigenvalue weighted by Gasteiger charge is 2.33. The highest BCUT2D eigenvalue weighted by atomic mass is 79.9. The third-order valence-corrected chi connectivity index (χ3v) is 5.23. The minimum Gasteiger partial charge on any atom is -0.396 e. The van der Waals surface area contributed by atoms with E-state index in [9.17, 15) is 9.90 Å². The van der Waals surface area contributed by atoms with E-state index in [1.165, 1.54) is 0 Å². The number of halogens is 1. The maximum atomic E-state index is 12.7. The average molecular weight is 384 g/mol. The zero-order valence-corrected chi connectivity index (χ0v) is 15.4. The molecule has 1 aromatic carbocycles. The lowest BCUT2D eigenvalue weighted by Gasteiger charge is -2.36. The molecule has 23 heavy (non-hydrogen) atoms. The summed E-state index contributed by atoms with van der Waals surface area (Å²) in [5.74, 6) is 0.0521. The van der Waals surface area contributed by atoms with Crippen LogP contribution in [0.1, 0.15) is 38.2 Å². The Balaban J connectivity index is 2.05. The summed E-state index contributed by atoms with van der Waals surface area (Å²) in [6, 6.07) is 7.91. The molecular formula is C18H26BrNO3. The molecule has 128 valence electrons. The van der Waals surface area contributed by atoms with Gasteiger partial charge < -0.3 is 15.2 Å². The molecule has 0 aromatic heterocycles. The Morgan fingerprint density at radius 3 is 2.43 bits per heavy atom. The molecule has 1 fully saturated rings. The van der Waals surface area contributed by atoms with Gasteiger partial charge in [-0.25, -0.2) is 0 Å². The van der Waals surface area contributed by atoms with Crippen molar-refractivity contribution in [2.24, 2.45) is 11.3 Å². The van der Waals surface area contributed by atoms with E-state index in [-0.39, 0.29) is 29.8 Å². The Bertz CT molecular complexity index is 510. The predicted molar refractivity (Wildman–Crippen MR) is 94.3 cm³/mol. The molecule has 1 unspecified atom stereocenters. The van der Waals surface area contributed by atoms with Crippen molar-refractivity contribution in [2.45, 2.75) is 32.6 Å². The van der Waals surface area contributed by atoms with Crippen molar-refractivity contribution in [1.29, 1.82) is 0 Å². The third kappa shape index (κ3) is 4.78. The van der Waals surface area contributed by atoms with Crippen molar-refractivity contribution in [2.75, 3.05) is 26.4 Å². The SMILES string of the molecule is CC(C)C(C(=O)NCC1(CO)CCOCC1)c1ccc(Br)cc1. The normalized spacial score (nSPS) is 18.7. The largest absolute Gasteiger partial charge is 0.396 e. The Labute approximate surface area is 146 Å². The van der Waals surface area contributed by atoms with Gasteiger partial charge in [0, 0.05) is 29.6 Å². The number of hydrogen-bond acceptors (Lipinski definition) is 3. The molecule has 0 aliphatic carbocycles. The molecule has 1 aliphatic heterocycles. The summed E-state index contributed by atoms with van der Waals surface area (Å²) in [4.78, 5) is 12.7. The maximum absolute atomic E-state index is 12.7. The van der Waals surface area contributed by atoms with Gasteiger partial charge >= 0.3 is 0 Å². The van der Waals surface area contributed by atoms with E-state index >= 15 is 0 Å². The minimum absolute atomic E-state index is 0.0293. The van der Waals surface area contributed by atoms with Crippen molar-refractivity contribution in [3.05, 3.63) is 34.3 Å². The standard InChI is InChI=1S/C18H26BrNO3/c1-13(2)16(14-3-5-15(19)6-4-14)17(22)20-11-18(12-21)7-9-23-10-8-18/h3-6,13,16,21H,7-12H2,1-2H3,(H,20,22). The molecule has 0 spiro atoms. The van der Waals surface area contributed by atoms with Crippen LogP contribution in [0.4, 0.5) is 0 Å². The zero-order valence-electron chi connectivity index (χ0n) is 13.8. The lowest BCUT2D eigenvalue weighted by atomic mass is 9.80. The van der Waals surface area contributed by atoms with Gasteiger partial charge in [-0.2, -0.15) is 0 Å². The Morgan fingerprint density at radius 1 is 1.30 bits per heavy atom. The first-order valence-corrected chi connectivity index (χ1v) is 8.98. The van der Waals surface area contributed by atoms with Gasteiger partial charge in [0.1, 0.15) is 0 Å². The molecule has 0 radical (unpaired) electrons. The van der Waals surface area contributed by atoms with Gasteiger partial charge in [0.2, 0.25) is 5.91 Å². The average Bonchev–Trinajstić information content (AvgIpc) is 2.55. The second kappa shape index (κ2) is 8.27. The highest BCUT2D eigenvalue weighted by molar-refractivity contribution is 9.10. The second-order valence-electron chi connectivity index (χ2n) is 6.76. The van der Waals surface area contributed by atoms with Crippen LogP contribution in [0.2, 0.25) is 0 Å². The number of carbonyl (C=O) groups is 1. The van der Waals surface area contributed by atoms with Gasteiger partial charge in [-0.15, -0.1) is 0 Å². The predicted octanol–water partition coefficient (Wildman–Crippen LogP) is 3.09. The van der Waals surface area contributed by atoms with Gasteiger partial charge in [-0.1, -0.05) is 41.9 Å². The number of ether oxygens (including phenoxy) is 1. The molecule has 4 nitrogen and oxygen atoms in total. The van der Waals surface area contributed by atoms with E-state index in [4.69, 9.17) is 4.74 Å². The Morgan fingerprint density at radius 2 is 1.91 bits per heavy atom. The van der Waals surface area contributed by atoms with Crippen molar-refractivity contribution < 1.29 is 14.6 Å². The van der Waals surface area contributed by atoms with Gasteiger partial charge in [-0.05, 0) is 36.5 Å².